The van der Waals surface area contributed by atoms with Crippen molar-refractivity contribution in [3.8, 4) is 0 Å². The van der Waals surface area contributed by atoms with Gasteiger partial charge >= 0.3 is 5.69 Å². The lowest BCUT2D eigenvalue weighted by molar-refractivity contribution is -0.427. The van der Waals surface area contributed by atoms with Gasteiger partial charge in [-0.3, -0.25) is 0 Å². The van der Waals surface area contributed by atoms with E-state index in [-0.39, 0.29) is 0 Å². The first kappa shape index (κ1) is 8.40. The predicted octanol–water partition coefficient (Wildman–Crippen LogP) is 3.25. The van der Waals surface area contributed by atoms with E-state index in [9.17, 15) is 4.91 Å². The molecule has 0 spiro atoms. The molecule has 13 heavy (non-hydrogen) atoms. The Bertz CT molecular complexity index is 380. The number of nitroso groups, excluding NO2 is 1. The van der Waals surface area contributed by atoms with Crippen molar-refractivity contribution in [2.75, 3.05) is 5.43 Å². The van der Waals surface area contributed by atoms with Gasteiger partial charge in [-0.05, 0) is 16.8 Å². The Hall–Kier alpha value is -1.20. The van der Waals surface area contributed by atoms with Gasteiger partial charge in [-0.15, -0.1) is 28.1 Å². The normalized spacial score (nSPS) is 9.85. The Morgan fingerprint density at radius 1 is 1.15 bits per heavy atom. The van der Waals surface area contributed by atoms with Crippen LogP contribution in [0.15, 0.2) is 33.7 Å². The number of hydrogen-bond acceptors (Lipinski definition) is 3. The summed E-state index contributed by atoms with van der Waals surface area (Å²) < 4.78 is 0. The fraction of sp³-hybridized carbons (Fsp3) is 0. The van der Waals surface area contributed by atoms with E-state index in [0.717, 1.165) is 10.6 Å². The Morgan fingerprint density at radius 2 is 1.92 bits per heavy atom. The van der Waals surface area contributed by atoms with Gasteiger partial charge in [0.1, 0.15) is 5.69 Å². The fourth-order valence-electron chi connectivity index (χ4n) is 0.883. The molecule has 1 N–H and O–H groups in total. The maximum Gasteiger partial charge on any atom is 0.302 e. The first-order valence-corrected chi connectivity index (χ1v) is 5.53. The van der Waals surface area contributed by atoms with Gasteiger partial charge in [0.25, 0.3) is 0 Å². The Balaban J connectivity index is 2.08. The second-order valence-electron chi connectivity index (χ2n) is 2.40. The SMILES string of the molecule is O=[N+](Nc1ccsc1)c1ccsc1. The number of hydrogen-bond donors (Lipinski definition) is 1. The van der Waals surface area contributed by atoms with Crippen LogP contribution in [0.4, 0.5) is 11.4 Å². The summed E-state index contributed by atoms with van der Waals surface area (Å²) in [5.41, 5.74) is 4.18. The van der Waals surface area contributed by atoms with Gasteiger partial charge in [-0.2, -0.15) is 0 Å². The molecule has 0 saturated heterocycles. The zero-order valence-electron chi connectivity index (χ0n) is 6.64. The number of anilines is 1. The van der Waals surface area contributed by atoms with E-state index in [1.54, 1.807) is 22.8 Å². The van der Waals surface area contributed by atoms with Gasteiger partial charge in [0.05, 0.1) is 10.3 Å². The van der Waals surface area contributed by atoms with Crippen LogP contribution in [0.2, 0.25) is 0 Å². The van der Waals surface area contributed by atoms with Crippen LogP contribution in [0.25, 0.3) is 0 Å². The predicted molar refractivity (Wildman–Crippen MR) is 55.5 cm³/mol. The molecule has 0 aliphatic rings. The second kappa shape index (κ2) is 3.68. The minimum absolute atomic E-state index is 0.635. The van der Waals surface area contributed by atoms with Gasteiger partial charge in [0.2, 0.25) is 0 Å². The Labute approximate surface area is 83.2 Å². The number of rotatable bonds is 3. The summed E-state index contributed by atoms with van der Waals surface area (Å²) in [6.45, 7) is 0. The summed E-state index contributed by atoms with van der Waals surface area (Å²) >= 11 is 3.05. The van der Waals surface area contributed by atoms with Crippen LogP contribution in [0.3, 0.4) is 0 Å². The van der Waals surface area contributed by atoms with Crippen molar-refractivity contribution in [2.24, 2.45) is 0 Å². The average molecular weight is 211 g/mol. The summed E-state index contributed by atoms with van der Waals surface area (Å²) in [7, 11) is 0. The maximum atomic E-state index is 11.4. The van der Waals surface area contributed by atoms with E-state index in [2.05, 4.69) is 5.43 Å². The third-order valence-corrected chi connectivity index (χ3v) is 2.85. The summed E-state index contributed by atoms with van der Waals surface area (Å²) in [4.78, 5) is 12.2. The molecule has 0 radical (unpaired) electrons. The number of nitrogens with zero attached hydrogens (tertiary/aromatic N) is 1. The minimum atomic E-state index is 0.635. The van der Waals surface area contributed by atoms with Crippen molar-refractivity contribution in [2.45, 2.75) is 0 Å². The third-order valence-electron chi connectivity index (χ3n) is 1.49. The number of thiophene rings is 2. The highest BCUT2D eigenvalue weighted by Gasteiger charge is 2.13. The topological polar surface area (TPSA) is 32.1 Å². The molecule has 2 rings (SSSR count). The van der Waals surface area contributed by atoms with Gasteiger partial charge in [-0.1, -0.05) is 0 Å². The quantitative estimate of drug-likeness (QED) is 0.624. The van der Waals surface area contributed by atoms with Crippen LogP contribution in [0, 0.1) is 4.91 Å². The third kappa shape index (κ3) is 1.93. The second-order valence-corrected chi connectivity index (χ2v) is 3.96. The lowest BCUT2D eigenvalue weighted by atomic mass is 10.5. The van der Waals surface area contributed by atoms with Crippen molar-refractivity contribution >= 4 is 34.0 Å². The molecule has 0 aliphatic heterocycles. The molecule has 3 nitrogen and oxygen atoms in total. The Morgan fingerprint density at radius 3 is 2.54 bits per heavy atom. The smallest absolute Gasteiger partial charge is 0.150 e. The first-order chi connectivity index (χ1) is 6.36. The highest BCUT2D eigenvalue weighted by Crippen LogP contribution is 2.18. The molecule has 0 saturated carbocycles. The molecule has 0 aromatic carbocycles. The monoisotopic (exact) mass is 211 g/mol. The zero-order chi connectivity index (χ0) is 9.10. The van der Waals surface area contributed by atoms with Gasteiger partial charge < -0.3 is 0 Å². The molecule has 0 unspecified atom stereocenters. The van der Waals surface area contributed by atoms with Gasteiger partial charge in [-0.25, -0.2) is 0 Å². The molecule has 2 aromatic rings. The molecule has 2 heterocycles. The van der Waals surface area contributed by atoms with Crippen LogP contribution in [-0.4, -0.2) is 4.87 Å². The maximum absolute atomic E-state index is 11.4. The molecule has 2 aromatic heterocycles. The number of hydrazine groups is 1. The van der Waals surface area contributed by atoms with E-state index in [0.29, 0.717) is 5.69 Å². The van der Waals surface area contributed by atoms with Crippen LogP contribution >= 0.6 is 22.7 Å². The minimum Gasteiger partial charge on any atom is -0.150 e. The summed E-state index contributed by atoms with van der Waals surface area (Å²) in [5.74, 6) is 0. The van der Waals surface area contributed by atoms with Crippen molar-refractivity contribution in [1.82, 2.24) is 0 Å². The molecule has 0 amide bonds. The van der Waals surface area contributed by atoms with Crippen molar-refractivity contribution in [3.63, 3.8) is 0 Å². The van der Waals surface area contributed by atoms with E-state index >= 15 is 0 Å². The van der Waals surface area contributed by atoms with Crippen LogP contribution in [0.5, 0.6) is 0 Å². The highest BCUT2D eigenvalue weighted by molar-refractivity contribution is 7.08. The fourth-order valence-corrected chi connectivity index (χ4v) is 2.07. The molecular weight excluding hydrogens is 204 g/mol. The molecule has 0 fully saturated rings. The molecule has 0 aliphatic carbocycles. The lowest BCUT2D eigenvalue weighted by Crippen LogP contribution is -2.08. The van der Waals surface area contributed by atoms with E-state index in [4.69, 9.17) is 0 Å². The standard InChI is InChI=1S/C8H7N2OS2/c11-10(8-2-4-13-6-8)9-7-1-3-12-5-7/h1-6H,(H,9,11)/q+1. The zero-order valence-corrected chi connectivity index (χ0v) is 8.27. The molecule has 0 atom stereocenters. The summed E-state index contributed by atoms with van der Waals surface area (Å²) in [6, 6.07) is 3.64. The lowest BCUT2D eigenvalue weighted by Gasteiger charge is -1.89. The van der Waals surface area contributed by atoms with Crippen LogP contribution in [0.1, 0.15) is 0 Å². The molecule has 66 valence electrons. The summed E-state index contributed by atoms with van der Waals surface area (Å²) in [5, 5.41) is 7.48. The van der Waals surface area contributed by atoms with E-state index < -0.39 is 0 Å². The number of nitrogens with one attached hydrogen (secondary N) is 1. The first-order valence-electron chi connectivity index (χ1n) is 3.64. The molecule has 0 bridgehead atoms. The van der Waals surface area contributed by atoms with Gasteiger partial charge in [0.15, 0.2) is 4.87 Å². The molecule has 5 heteroatoms. The van der Waals surface area contributed by atoms with E-state index in [1.807, 2.05) is 22.2 Å². The summed E-state index contributed by atoms with van der Waals surface area (Å²) in [6.07, 6.45) is 0. The van der Waals surface area contributed by atoms with E-state index in [1.165, 1.54) is 11.3 Å². The Kier molecular flexibility index (Phi) is 2.37. The largest absolute Gasteiger partial charge is 0.302 e. The van der Waals surface area contributed by atoms with Crippen molar-refractivity contribution in [1.29, 1.82) is 0 Å². The van der Waals surface area contributed by atoms with Crippen molar-refractivity contribution < 1.29 is 4.87 Å². The van der Waals surface area contributed by atoms with Crippen LogP contribution in [-0.2, 0) is 0 Å². The molecular formula is C8H7N2OS2+. The highest BCUT2D eigenvalue weighted by atomic mass is 32.1. The van der Waals surface area contributed by atoms with Crippen LogP contribution < -0.4 is 5.43 Å². The average Bonchev–Trinajstić information content (AvgIpc) is 2.74. The van der Waals surface area contributed by atoms with Crippen molar-refractivity contribution in [3.05, 3.63) is 38.6 Å². The van der Waals surface area contributed by atoms with Gasteiger partial charge in [0, 0.05) is 11.4 Å².